The van der Waals surface area contributed by atoms with E-state index in [1.54, 1.807) is 20.8 Å². The molecule has 1 aliphatic rings. The number of hydrogen-bond acceptors (Lipinski definition) is 5. The highest BCUT2D eigenvalue weighted by Crippen LogP contribution is 2.25. The molecular weight excluding hydrogens is 315 g/mol. The van der Waals surface area contributed by atoms with Crippen LogP contribution in [-0.2, 0) is 19.0 Å². The molecule has 0 aromatic heterocycles. The highest BCUT2D eigenvalue weighted by Gasteiger charge is 2.48. The van der Waals surface area contributed by atoms with E-state index in [-0.39, 0.29) is 19.0 Å². The second kappa shape index (κ2) is 5.74. The van der Waals surface area contributed by atoms with Gasteiger partial charge in [-0.2, -0.15) is 21.6 Å². The summed E-state index contributed by atoms with van der Waals surface area (Å²) in [5, 5.41) is 0. The first-order valence-corrected chi connectivity index (χ1v) is 7.37. The van der Waals surface area contributed by atoms with Crippen LogP contribution in [-0.4, -0.2) is 43.6 Å². The van der Waals surface area contributed by atoms with Gasteiger partial charge in [0, 0.05) is 19.0 Å². The van der Waals surface area contributed by atoms with Crippen LogP contribution in [0.3, 0.4) is 0 Å². The zero-order chi connectivity index (χ0) is 16.5. The Hall–Kier alpha value is -1.45. The molecule has 0 spiro atoms. The molecule has 0 aliphatic carbocycles. The van der Waals surface area contributed by atoms with Gasteiger partial charge in [0.1, 0.15) is 11.9 Å². The summed E-state index contributed by atoms with van der Waals surface area (Å²) in [6.45, 7) is 5.56. The zero-order valence-electron chi connectivity index (χ0n) is 11.7. The molecule has 122 valence electrons. The number of halogens is 3. The van der Waals surface area contributed by atoms with Crippen molar-refractivity contribution in [2.75, 3.05) is 13.1 Å². The molecule has 1 heterocycles. The standard InChI is InChI=1S/C11H16F3NO5S/c1-10(2,3)20-9(16)15-6-8(7-15)4-5-19-21(17,18)11(12,13)14/h4-5,8H,6-7H2,1-3H3. The summed E-state index contributed by atoms with van der Waals surface area (Å²) >= 11 is 0. The van der Waals surface area contributed by atoms with Gasteiger partial charge in [-0.3, -0.25) is 0 Å². The topological polar surface area (TPSA) is 72.9 Å². The van der Waals surface area contributed by atoms with Crippen LogP contribution in [0.5, 0.6) is 0 Å². The smallest absolute Gasteiger partial charge is 0.444 e. The van der Waals surface area contributed by atoms with Crippen LogP contribution in [0, 0.1) is 5.92 Å². The quantitative estimate of drug-likeness (QED) is 0.450. The molecule has 0 aromatic carbocycles. The third kappa shape index (κ3) is 5.10. The lowest BCUT2D eigenvalue weighted by atomic mass is 10.0. The van der Waals surface area contributed by atoms with Gasteiger partial charge >= 0.3 is 21.7 Å². The minimum atomic E-state index is -5.62. The number of hydrogen-bond donors (Lipinski definition) is 0. The first kappa shape index (κ1) is 17.6. The van der Waals surface area contributed by atoms with Crippen molar-refractivity contribution >= 4 is 16.2 Å². The first-order valence-electron chi connectivity index (χ1n) is 5.96. The highest BCUT2D eigenvalue weighted by atomic mass is 32.2. The molecule has 1 amide bonds. The predicted octanol–water partition coefficient (Wildman–Crippen LogP) is 2.23. The van der Waals surface area contributed by atoms with E-state index in [4.69, 9.17) is 4.74 Å². The fraction of sp³-hybridized carbons (Fsp3) is 0.727. The highest BCUT2D eigenvalue weighted by molar-refractivity contribution is 7.87. The number of rotatable bonds is 3. The molecule has 0 saturated carbocycles. The van der Waals surface area contributed by atoms with Gasteiger partial charge in [0.05, 0.1) is 0 Å². The lowest BCUT2D eigenvalue weighted by molar-refractivity contribution is -0.0515. The number of nitrogens with zero attached hydrogens (tertiary/aromatic N) is 1. The van der Waals surface area contributed by atoms with E-state index in [1.807, 2.05) is 0 Å². The molecule has 21 heavy (non-hydrogen) atoms. The monoisotopic (exact) mass is 331 g/mol. The lowest BCUT2D eigenvalue weighted by Gasteiger charge is -2.38. The van der Waals surface area contributed by atoms with Gasteiger partial charge in [0.2, 0.25) is 0 Å². The number of carbonyl (C=O) groups excluding carboxylic acids is 1. The van der Waals surface area contributed by atoms with Crippen molar-refractivity contribution in [3.05, 3.63) is 12.3 Å². The molecular formula is C11H16F3NO5S. The molecule has 1 saturated heterocycles. The molecule has 0 bridgehead atoms. The van der Waals surface area contributed by atoms with E-state index in [0.717, 1.165) is 6.08 Å². The Bertz CT molecular complexity index is 515. The third-order valence-electron chi connectivity index (χ3n) is 2.38. The van der Waals surface area contributed by atoms with Gasteiger partial charge in [-0.25, -0.2) is 4.79 Å². The van der Waals surface area contributed by atoms with E-state index >= 15 is 0 Å². The molecule has 0 aromatic rings. The second-order valence-electron chi connectivity index (χ2n) is 5.47. The maximum atomic E-state index is 12.0. The van der Waals surface area contributed by atoms with Crippen molar-refractivity contribution in [1.29, 1.82) is 0 Å². The van der Waals surface area contributed by atoms with Gasteiger partial charge in [0.25, 0.3) is 0 Å². The number of alkyl halides is 3. The molecule has 0 radical (unpaired) electrons. The van der Waals surface area contributed by atoms with Crippen molar-refractivity contribution in [3.63, 3.8) is 0 Å². The Balaban J connectivity index is 2.39. The van der Waals surface area contributed by atoms with E-state index in [0.29, 0.717) is 6.26 Å². The van der Waals surface area contributed by atoms with E-state index in [1.165, 1.54) is 4.90 Å². The van der Waals surface area contributed by atoms with Gasteiger partial charge in [0.15, 0.2) is 0 Å². The number of likely N-dealkylation sites (tertiary alicyclic amines) is 1. The molecule has 10 heteroatoms. The fourth-order valence-corrected chi connectivity index (χ4v) is 1.70. The Morgan fingerprint density at radius 1 is 1.24 bits per heavy atom. The number of ether oxygens (including phenoxy) is 1. The summed E-state index contributed by atoms with van der Waals surface area (Å²) in [6, 6.07) is 0. The largest absolute Gasteiger partial charge is 0.534 e. The van der Waals surface area contributed by atoms with E-state index in [9.17, 15) is 26.4 Å². The van der Waals surface area contributed by atoms with Crippen molar-refractivity contribution in [2.24, 2.45) is 5.92 Å². The summed E-state index contributed by atoms with van der Waals surface area (Å²) in [4.78, 5) is 12.9. The van der Waals surface area contributed by atoms with Crippen LogP contribution in [0.25, 0.3) is 0 Å². The van der Waals surface area contributed by atoms with Gasteiger partial charge in [-0.1, -0.05) is 0 Å². The summed E-state index contributed by atoms with van der Waals surface area (Å²) in [5.41, 5.74) is -6.10. The summed E-state index contributed by atoms with van der Waals surface area (Å²) in [5.74, 6) is -0.277. The van der Waals surface area contributed by atoms with Crippen LogP contribution in [0.4, 0.5) is 18.0 Å². The Labute approximate surface area is 120 Å². The van der Waals surface area contributed by atoms with E-state index < -0.39 is 27.3 Å². The summed E-state index contributed by atoms with van der Waals surface area (Å²) < 4.78 is 65.8. The molecule has 1 aliphatic heterocycles. The minimum Gasteiger partial charge on any atom is -0.444 e. The molecule has 1 fully saturated rings. The maximum Gasteiger partial charge on any atom is 0.534 e. The van der Waals surface area contributed by atoms with Crippen LogP contribution in [0.1, 0.15) is 20.8 Å². The summed E-state index contributed by atoms with van der Waals surface area (Å²) in [7, 11) is -5.62. The van der Waals surface area contributed by atoms with Crippen molar-refractivity contribution < 1.29 is 35.3 Å². The van der Waals surface area contributed by atoms with Crippen molar-refractivity contribution in [2.45, 2.75) is 31.9 Å². The minimum absolute atomic E-state index is 0.223. The number of amides is 1. The van der Waals surface area contributed by atoms with Gasteiger partial charge < -0.3 is 13.8 Å². The van der Waals surface area contributed by atoms with E-state index in [2.05, 4.69) is 4.18 Å². The van der Waals surface area contributed by atoms with Crippen molar-refractivity contribution in [1.82, 2.24) is 4.90 Å². The molecule has 6 nitrogen and oxygen atoms in total. The maximum absolute atomic E-state index is 12.0. The summed E-state index contributed by atoms with van der Waals surface area (Å²) in [6.07, 6.45) is 1.10. The average Bonchev–Trinajstić information content (AvgIpc) is 2.16. The Morgan fingerprint density at radius 2 is 1.76 bits per heavy atom. The third-order valence-corrected chi connectivity index (χ3v) is 3.31. The average molecular weight is 331 g/mol. The fourth-order valence-electron chi connectivity index (χ4n) is 1.38. The van der Waals surface area contributed by atoms with Gasteiger partial charge in [-0.15, -0.1) is 0 Å². The predicted molar refractivity (Wildman–Crippen MR) is 66.5 cm³/mol. The molecule has 0 atom stereocenters. The van der Waals surface area contributed by atoms with Crippen LogP contribution in [0.15, 0.2) is 12.3 Å². The van der Waals surface area contributed by atoms with Crippen LogP contribution in [0.2, 0.25) is 0 Å². The van der Waals surface area contributed by atoms with Crippen molar-refractivity contribution in [3.8, 4) is 0 Å². The zero-order valence-corrected chi connectivity index (χ0v) is 12.5. The molecule has 1 rings (SSSR count). The van der Waals surface area contributed by atoms with Crippen LogP contribution < -0.4 is 0 Å². The molecule has 0 unspecified atom stereocenters. The Kier molecular flexibility index (Phi) is 4.81. The Morgan fingerprint density at radius 3 is 2.19 bits per heavy atom. The SMILES string of the molecule is CC(C)(C)OC(=O)N1CC(C=COS(=O)(=O)C(F)(F)F)C1. The van der Waals surface area contributed by atoms with Crippen LogP contribution >= 0.6 is 0 Å². The number of carbonyl (C=O) groups is 1. The molecule has 0 N–H and O–H groups in total. The first-order chi connectivity index (χ1) is 9.32. The second-order valence-corrected chi connectivity index (χ2v) is 7.03. The normalized spacial score (nSPS) is 17.7. The van der Waals surface area contributed by atoms with Gasteiger partial charge in [-0.05, 0) is 26.8 Å². The lowest BCUT2D eigenvalue weighted by Crippen LogP contribution is -2.50.